The zero-order chi connectivity index (χ0) is 20.5. The van der Waals surface area contributed by atoms with E-state index in [1.807, 2.05) is 43.3 Å². The third-order valence-corrected chi connectivity index (χ3v) is 4.74. The van der Waals surface area contributed by atoms with Crippen LogP contribution in [0.3, 0.4) is 0 Å². The number of anilines is 2. The lowest BCUT2D eigenvalue weighted by Gasteiger charge is -2.32. The first-order valence-electron chi connectivity index (χ1n) is 10.0. The summed E-state index contributed by atoms with van der Waals surface area (Å²) in [5.41, 5.74) is 0.961. The van der Waals surface area contributed by atoms with Crippen molar-refractivity contribution in [2.75, 3.05) is 50.6 Å². The summed E-state index contributed by atoms with van der Waals surface area (Å²) in [6.07, 6.45) is 1.45. The second-order valence-electron chi connectivity index (χ2n) is 6.85. The summed E-state index contributed by atoms with van der Waals surface area (Å²) in [6, 6.07) is 12.1. The van der Waals surface area contributed by atoms with Gasteiger partial charge in [0, 0.05) is 44.4 Å². The van der Waals surface area contributed by atoms with Gasteiger partial charge in [0.15, 0.2) is 5.82 Å². The average molecular weight is 399 g/mol. The molecular weight excluding hydrogens is 370 g/mol. The topological polar surface area (TPSA) is 88.6 Å². The molecule has 8 nitrogen and oxygen atoms in total. The van der Waals surface area contributed by atoms with Crippen LogP contribution in [0.5, 0.6) is 0 Å². The molecule has 29 heavy (non-hydrogen) atoms. The number of amides is 1. The number of aromatic nitrogens is 2. The summed E-state index contributed by atoms with van der Waals surface area (Å²) in [5, 5.41) is 6.80. The molecule has 1 fully saturated rings. The van der Waals surface area contributed by atoms with Crippen molar-refractivity contribution < 1.29 is 14.3 Å². The molecule has 8 heteroatoms. The Morgan fingerprint density at radius 3 is 2.59 bits per heavy atom. The number of methoxy groups -OCH3 is 1. The lowest BCUT2D eigenvalue weighted by molar-refractivity contribution is 0.0983. The highest BCUT2D eigenvalue weighted by Crippen LogP contribution is 2.22. The summed E-state index contributed by atoms with van der Waals surface area (Å²) >= 11 is 0. The van der Waals surface area contributed by atoms with Crippen molar-refractivity contribution >= 4 is 17.7 Å². The predicted octanol–water partition coefficient (Wildman–Crippen LogP) is 3.23. The van der Waals surface area contributed by atoms with Crippen molar-refractivity contribution in [2.24, 2.45) is 0 Å². The Labute approximate surface area is 171 Å². The third kappa shape index (κ3) is 6.05. The molecule has 2 aromatic rings. The molecule has 0 unspecified atom stereocenters. The minimum atomic E-state index is -0.232. The van der Waals surface area contributed by atoms with Gasteiger partial charge in [0.1, 0.15) is 11.6 Å². The largest absolute Gasteiger partial charge is 0.450 e. The van der Waals surface area contributed by atoms with E-state index in [0.29, 0.717) is 38.7 Å². The fourth-order valence-corrected chi connectivity index (χ4v) is 3.24. The Morgan fingerprint density at radius 2 is 1.90 bits per heavy atom. The number of nitrogens with one attached hydrogen (secondary N) is 2. The van der Waals surface area contributed by atoms with Gasteiger partial charge in [0.05, 0.1) is 13.2 Å². The van der Waals surface area contributed by atoms with E-state index in [0.717, 1.165) is 30.0 Å². The molecule has 3 rings (SSSR count). The standard InChI is InChI=1S/C21H29N5O3/c1-3-29-21(27)26-12-9-17(10-13-26)23-19-15-18(22-11-14-28-2)24-20(25-19)16-7-5-4-6-8-16/h4-8,15,17H,3,9-14H2,1-2H3,(H2,22,23,24,25). The Morgan fingerprint density at radius 1 is 1.17 bits per heavy atom. The van der Waals surface area contributed by atoms with Crippen LogP contribution in [0.4, 0.5) is 16.4 Å². The molecule has 0 saturated carbocycles. The molecule has 1 aliphatic rings. The molecule has 156 valence electrons. The van der Waals surface area contributed by atoms with Crippen LogP contribution in [0.15, 0.2) is 36.4 Å². The molecule has 0 atom stereocenters. The summed E-state index contributed by atoms with van der Waals surface area (Å²) in [4.78, 5) is 23.0. The lowest BCUT2D eigenvalue weighted by Crippen LogP contribution is -2.42. The fraction of sp³-hybridized carbons (Fsp3) is 0.476. The van der Waals surface area contributed by atoms with E-state index in [4.69, 9.17) is 14.5 Å². The maximum absolute atomic E-state index is 11.9. The van der Waals surface area contributed by atoms with Gasteiger partial charge in [-0.3, -0.25) is 0 Å². The highest BCUT2D eigenvalue weighted by molar-refractivity contribution is 5.67. The number of carbonyl (C=O) groups excluding carboxylic acids is 1. The minimum absolute atomic E-state index is 0.232. The number of benzene rings is 1. The minimum Gasteiger partial charge on any atom is -0.450 e. The Balaban J connectivity index is 1.69. The smallest absolute Gasteiger partial charge is 0.409 e. The van der Waals surface area contributed by atoms with Gasteiger partial charge in [0.2, 0.25) is 0 Å². The molecule has 0 radical (unpaired) electrons. The number of carbonyl (C=O) groups is 1. The quantitative estimate of drug-likeness (QED) is 0.659. The van der Waals surface area contributed by atoms with Crippen molar-refractivity contribution in [2.45, 2.75) is 25.8 Å². The molecule has 0 spiro atoms. The number of hydrogen-bond donors (Lipinski definition) is 2. The Hall–Kier alpha value is -2.87. The Kier molecular flexibility index (Phi) is 7.63. The first-order valence-corrected chi connectivity index (χ1v) is 10.0. The van der Waals surface area contributed by atoms with Gasteiger partial charge < -0.3 is 25.0 Å². The monoisotopic (exact) mass is 399 g/mol. The van der Waals surface area contributed by atoms with Crippen LogP contribution >= 0.6 is 0 Å². The average Bonchev–Trinajstić information content (AvgIpc) is 2.75. The molecule has 1 amide bonds. The van der Waals surface area contributed by atoms with E-state index >= 15 is 0 Å². The Bertz CT molecular complexity index is 779. The molecule has 1 aliphatic heterocycles. The van der Waals surface area contributed by atoms with E-state index in [-0.39, 0.29) is 12.1 Å². The first kappa shape index (κ1) is 20.9. The number of hydrogen-bond acceptors (Lipinski definition) is 7. The third-order valence-electron chi connectivity index (χ3n) is 4.74. The van der Waals surface area contributed by atoms with Gasteiger partial charge in [-0.1, -0.05) is 30.3 Å². The number of ether oxygens (including phenoxy) is 2. The lowest BCUT2D eigenvalue weighted by atomic mass is 10.1. The molecule has 1 saturated heterocycles. The zero-order valence-corrected chi connectivity index (χ0v) is 17.1. The predicted molar refractivity (Wildman–Crippen MR) is 113 cm³/mol. The molecule has 0 bridgehead atoms. The number of likely N-dealkylation sites (tertiary alicyclic amines) is 1. The summed E-state index contributed by atoms with van der Waals surface area (Å²) < 4.78 is 10.2. The van der Waals surface area contributed by atoms with E-state index in [2.05, 4.69) is 15.6 Å². The van der Waals surface area contributed by atoms with Crippen LogP contribution < -0.4 is 10.6 Å². The summed E-state index contributed by atoms with van der Waals surface area (Å²) in [5.74, 6) is 2.19. The maximum atomic E-state index is 11.9. The maximum Gasteiger partial charge on any atom is 0.409 e. The SMILES string of the molecule is CCOC(=O)N1CCC(Nc2cc(NCCOC)nc(-c3ccccc3)n2)CC1. The van der Waals surface area contributed by atoms with Gasteiger partial charge in [0.25, 0.3) is 0 Å². The normalized spacial score (nSPS) is 14.5. The highest BCUT2D eigenvalue weighted by atomic mass is 16.6. The molecule has 1 aromatic carbocycles. The fourth-order valence-electron chi connectivity index (χ4n) is 3.24. The molecular formula is C21H29N5O3. The van der Waals surface area contributed by atoms with Gasteiger partial charge in [-0.15, -0.1) is 0 Å². The van der Waals surface area contributed by atoms with Crippen LogP contribution in [0.2, 0.25) is 0 Å². The van der Waals surface area contributed by atoms with Crippen LogP contribution in [0.25, 0.3) is 11.4 Å². The van der Waals surface area contributed by atoms with E-state index in [1.54, 1.807) is 12.0 Å². The van der Waals surface area contributed by atoms with Crippen LogP contribution in [0.1, 0.15) is 19.8 Å². The van der Waals surface area contributed by atoms with Gasteiger partial charge in [-0.2, -0.15) is 0 Å². The molecule has 2 N–H and O–H groups in total. The zero-order valence-electron chi connectivity index (χ0n) is 17.1. The number of rotatable bonds is 8. The van der Waals surface area contributed by atoms with Gasteiger partial charge in [-0.05, 0) is 19.8 Å². The highest BCUT2D eigenvalue weighted by Gasteiger charge is 2.24. The second kappa shape index (κ2) is 10.6. The van der Waals surface area contributed by atoms with Crippen LogP contribution in [-0.4, -0.2) is 67.0 Å². The van der Waals surface area contributed by atoms with Crippen LogP contribution in [0, 0.1) is 0 Å². The van der Waals surface area contributed by atoms with Crippen molar-refractivity contribution in [3.05, 3.63) is 36.4 Å². The van der Waals surface area contributed by atoms with Gasteiger partial charge in [-0.25, -0.2) is 14.8 Å². The van der Waals surface area contributed by atoms with E-state index < -0.39 is 0 Å². The summed E-state index contributed by atoms with van der Waals surface area (Å²) in [6.45, 7) is 4.83. The van der Waals surface area contributed by atoms with Crippen molar-refractivity contribution in [3.63, 3.8) is 0 Å². The van der Waals surface area contributed by atoms with E-state index in [1.165, 1.54) is 0 Å². The van der Waals surface area contributed by atoms with Crippen molar-refractivity contribution in [1.29, 1.82) is 0 Å². The van der Waals surface area contributed by atoms with Gasteiger partial charge >= 0.3 is 6.09 Å². The second-order valence-corrected chi connectivity index (χ2v) is 6.85. The molecule has 2 heterocycles. The first-order chi connectivity index (χ1) is 14.2. The molecule has 0 aliphatic carbocycles. The van der Waals surface area contributed by atoms with Crippen LogP contribution in [-0.2, 0) is 9.47 Å². The van der Waals surface area contributed by atoms with Crippen molar-refractivity contribution in [1.82, 2.24) is 14.9 Å². The van der Waals surface area contributed by atoms with Crippen molar-refractivity contribution in [3.8, 4) is 11.4 Å². The van der Waals surface area contributed by atoms with E-state index in [9.17, 15) is 4.79 Å². The molecule has 1 aromatic heterocycles. The number of piperidine rings is 1. The summed E-state index contributed by atoms with van der Waals surface area (Å²) in [7, 11) is 1.67. The number of nitrogens with zero attached hydrogens (tertiary/aromatic N) is 3.